The molecule has 170 valence electrons. The molecular formula is C20H11Cl2F3N4O3S. The highest BCUT2D eigenvalue weighted by molar-refractivity contribution is 8.18. The van der Waals surface area contributed by atoms with Gasteiger partial charge >= 0.3 is 12.1 Å². The Bertz CT molecular complexity index is 1280. The van der Waals surface area contributed by atoms with Gasteiger partial charge in [0.05, 0.1) is 26.2 Å². The molecule has 0 unspecified atom stereocenters. The molecule has 1 aliphatic heterocycles. The van der Waals surface area contributed by atoms with Gasteiger partial charge in [0.15, 0.2) is 5.17 Å². The van der Waals surface area contributed by atoms with Crippen molar-refractivity contribution in [1.29, 1.82) is 0 Å². The summed E-state index contributed by atoms with van der Waals surface area (Å²) in [6, 6.07) is 9.67. The van der Waals surface area contributed by atoms with Gasteiger partial charge in [-0.2, -0.15) is 18.2 Å². The third-order valence-electron chi connectivity index (χ3n) is 3.87. The SMILES string of the molecule is O=C(O)C(F)(F)F.O=C1N=C(Nc2c(Cl)cncc2Cl)S/C1=C\c1ccc2ncccc2c1. The van der Waals surface area contributed by atoms with Crippen LogP contribution in [-0.4, -0.2) is 38.3 Å². The van der Waals surface area contributed by atoms with E-state index in [9.17, 15) is 18.0 Å². The van der Waals surface area contributed by atoms with Gasteiger partial charge < -0.3 is 10.4 Å². The fourth-order valence-electron chi connectivity index (χ4n) is 2.44. The van der Waals surface area contributed by atoms with Crippen LogP contribution in [-0.2, 0) is 9.59 Å². The maximum Gasteiger partial charge on any atom is 0.490 e. The van der Waals surface area contributed by atoms with E-state index in [0.29, 0.717) is 25.8 Å². The summed E-state index contributed by atoms with van der Waals surface area (Å²) < 4.78 is 31.7. The number of pyridine rings is 2. The molecule has 3 heterocycles. The second kappa shape index (κ2) is 10.2. The Hall–Kier alpha value is -3.15. The summed E-state index contributed by atoms with van der Waals surface area (Å²) >= 11 is 13.4. The van der Waals surface area contributed by atoms with Crippen LogP contribution in [0.5, 0.6) is 0 Å². The number of anilines is 1. The molecule has 0 aliphatic carbocycles. The first-order valence-corrected chi connectivity index (χ1v) is 10.4. The quantitative estimate of drug-likeness (QED) is 0.425. The van der Waals surface area contributed by atoms with E-state index in [2.05, 4.69) is 20.3 Å². The lowest BCUT2D eigenvalue weighted by molar-refractivity contribution is -0.192. The Kier molecular flexibility index (Phi) is 7.57. The van der Waals surface area contributed by atoms with Gasteiger partial charge in [0.2, 0.25) is 0 Å². The molecule has 3 aromatic rings. The summed E-state index contributed by atoms with van der Waals surface area (Å²) in [5, 5.41) is 12.2. The zero-order chi connectivity index (χ0) is 24.2. The molecular weight excluding hydrogens is 504 g/mol. The Morgan fingerprint density at radius 2 is 1.82 bits per heavy atom. The van der Waals surface area contributed by atoms with E-state index in [1.807, 2.05) is 30.3 Å². The number of alkyl halides is 3. The molecule has 13 heteroatoms. The van der Waals surface area contributed by atoms with E-state index in [-0.39, 0.29) is 5.91 Å². The number of aliphatic imine (C=N–C) groups is 1. The average Bonchev–Trinajstić information content (AvgIpc) is 3.09. The third kappa shape index (κ3) is 6.44. The number of carboxylic acids is 1. The highest BCUT2D eigenvalue weighted by Crippen LogP contribution is 2.34. The summed E-state index contributed by atoms with van der Waals surface area (Å²) in [5.41, 5.74) is 2.28. The molecule has 0 saturated carbocycles. The number of aliphatic carboxylic acids is 1. The number of amidine groups is 1. The van der Waals surface area contributed by atoms with Crippen LogP contribution in [0.3, 0.4) is 0 Å². The van der Waals surface area contributed by atoms with Crippen LogP contribution in [0.15, 0.2) is 58.8 Å². The molecule has 0 spiro atoms. The lowest BCUT2D eigenvalue weighted by Crippen LogP contribution is -2.21. The molecule has 1 aromatic carbocycles. The number of hydrogen-bond donors (Lipinski definition) is 2. The van der Waals surface area contributed by atoms with E-state index in [0.717, 1.165) is 16.5 Å². The topological polar surface area (TPSA) is 105 Å². The first-order chi connectivity index (χ1) is 15.5. The molecule has 1 aliphatic rings. The summed E-state index contributed by atoms with van der Waals surface area (Å²) in [4.78, 5) is 33.8. The predicted molar refractivity (Wildman–Crippen MR) is 121 cm³/mol. The normalized spacial score (nSPS) is 14.6. The number of halogens is 5. The average molecular weight is 515 g/mol. The van der Waals surface area contributed by atoms with Crippen LogP contribution in [0.2, 0.25) is 10.0 Å². The van der Waals surface area contributed by atoms with Gasteiger partial charge in [0.1, 0.15) is 0 Å². The molecule has 2 aromatic heterocycles. The minimum Gasteiger partial charge on any atom is -0.475 e. The summed E-state index contributed by atoms with van der Waals surface area (Å²) in [7, 11) is 0. The Morgan fingerprint density at radius 3 is 2.45 bits per heavy atom. The molecule has 1 amide bonds. The number of carboxylic acid groups (broad SMARTS) is 1. The van der Waals surface area contributed by atoms with Crippen molar-refractivity contribution in [2.24, 2.45) is 4.99 Å². The Balaban J connectivity index is 0.000000383. The third-order valence-corrected chi connectivity index (χ3v) is 5.35. The molecule has 0 saturated heterocycles. The summed E-state index contributed by atoms with van der Waals surface area (Å²) in [6.07, 6.45) is 1.40. The van der Waals surface area contributed by atoms with Crippen molar-refractivity contribution in [2.45, 2.75) is 6.18 Å². The van der Waals surface area contributed by atoms with Gasteiger partial charge in [-0.15, -0.1) is 0 Å². The van der Waals surface area contributed by atoms with Crippen molar-refractivity contribution in [3.8, 4) is 0 Å². The van der Waals surface area contributed by atoms with Crippen LogP contribution < -0.4 is 5.32 Å². The van der Waals surface area contributed by atoms with E-state index < -0.39 is 12.1 Å². The van der Waals surface area contributed by atoms with E-state index in [1.165, 1.54) is 24.2 Å². The van der Waals surface area contributed by atoms with E-state index in [1.54, 1.807) is 12.3 Å². The van der Waals surface area contributed by atoms with Crippen molar-refractivity contribution in [3.63, 3.8) is 0 Å². The van der Waals surface area contributed by atoms with Gasteiger partial charge in [0.25, 0.3) is 5.91 Å². The van der Waals surface area contributed by atoms with Crippen LogP contribution in [0.4, 0.5) is 18.9 Å². The van der Waals surface area contributed by atoms with Gasteiger partial charge in [-0.3, -0.25) is 14.8 Å². The first-order valence-electron chi connectivity index (χ1n) is 8.78. The fourth-order valence-corrected chi connectivity index (χ4v) is 3.71. The van der Waals surface area contributed by atoms with Crippen LogP contribution in [0.25, 0.3) is 17.0 Å². The molecule has 0 bridgehead atoms. The van der Waals surface area contributed by atoms with Crippen molar-refractivity contribution >= 4 is 74.7 Å². The zero-order valence-electron chi connectivity index (χ0n) is 16.1. The zero-order valence-corrected chi connectivity index (χ0v) is 18.4. The molecule has 33 heavy (non-hydrogen) atoms. The second-order valence-corrected chi connectivity index (χ2v) is 8.04. The number of nitrogens with one attached hydrogen (secondary N) is 1. The molecule has 0 fully saturated rings. The van der Waals surface area contributed by atoms with Crippen molar-refractivity contribution in [2.75, 3.05) is 5.32 Å². The number of rotatable bonds is 2. The number of thioether (sulfide) groups is 1. The highest BCUT2D eigenvalue weighted by atomic mass is 35.5. The maximum atomic E-state index is 12.2. The number of carbonyl (C=O) groups is 2. The lowest BCUT2D eigenvalue weighted by atomic mass is 10.1. The standard InChI is InChI=1S/C18H10Cl2N4OS.C2HF3O2/c19-12-8-21-9-13(20)16(12)23-18-24-17(25)15(26-18)7-10-3-4-14-11(6-10)2-1-5-22-14;3-2(4,5)1(6)7/h1-9H,(H,21,23,24,25);(H,6,7)/b15-7-;. The van der Waals surface area contributed by atoms with Gasteiger partial charge in [0, 0.05) is 24.0 Å². The molecule has 7 nitrogen and oxygen atoms in total. The predicted octanol–water partition coefficient (Wildman–Crippen LogP) is 5.65. The molecule has 0 radical (unpaired) electrons. The minimum atomic E-state index is -5.08. The monoisotopic (exact) mass is 514 g/mol. The number of benzene rings is 1. The number of aromatic nitrogens is 2. The van der Waals surface area contributed by atoms with Gasteiger partial charge in [-0.1, -0.05) is 35.3 Å². The minimum absolute atomic E-state index is 0.315. The van der Waals surface area contributed by atoms with E-state index >= 15 is 0 Å². The van der Waals surface area contributed by atoms with E-state index in [4.69, 9.17) is 33.1 Å². The number of hydrogen-bond acceptors (Lipinski definition) is 6. The Morgan fingerprint density at radius 1 is 1.15 bits per heavy atom. The number of fused-ring (bicyclic) bond motifs is 1. The number of carbonyl (C=O) groups excluding carboxylic acids is 1. The Labute approximate surface area is 198 Å². The van der Waals surface area contributed by atoms with Crippen molar-refractivity contribution in [1.82, 2.24) is 9.97 Å². The number of amides is 1. The number of nitrogens with zero attached hydrogens (tertiary/aromatic N) is 3. The van der Waals surface area contributed by atoms with Crippen LogP contribution >= 0.6 is 35.0 Å². The van der Waals surface area contributed by atoms with Crippen molar-refractivity contribution in [3.05, 3.63) is 69.4 Å². The summed E-state index contributed by atoms with van der Waals surface area (Å²) in [5.74, 6) is -3.07. The first kappa shape index (κ1) is 24.5. The fraction of sp³-hybridized carbons (Fsp3) is 0.0500. The summed E-state index contributed by atoms with van der Waals surface area (Å²) in [6.45, 7) is 0. The van der Waals surface area contributed by atoms with Crippen LogP contribution in [0, 0.1) is 0 Å². The molecule has 0 atom stereocenters. The van der Waals surface area contributed by atoms with Crippen LogP contribution in [0.1, 0.15) is 5.56 Å². The lowest BCUT2D eigenvalue weighted by Gasteiger charge is -2.08. The molecule has 4 rings (SSSR count). The van der Waals surface area contributed by atoms with Gasteiger partial charge in [-0.05, 0) is 41.6 Å². The highest BCUT2D eigenvalue weighted by Gasteiger charge is 2.38. The largest absolute Gasteiger partial charge is 0.490 e. The second-order valence-electron chi connectivity index (χ2n) is 6.19. The van der Waals surface area contributed by atoms with Gasteiger partial charge in [-0.25, -0.2) is 4.79 Å². The maximum absolute atomic E-state index is 12.2. The molecule has 2 N–H and O–H groups in total. The van der Waals surface area contributed by atoms with Crippen molar-refractivity contribution < 1.29 is 27.9 Å². The smallest absolute Gasteiger partial charge is 0.475 e.